The van der Waals surface area contributed by atoms with Gasteiger partial charge in [0.2, 0.25) is 0 Å². The summed E-state index contributed by atoms with van der Waals surface area (Å²) in [6, 6.07) is 4.38. The van der Waals surface area contributed by atoms with E-state index < -0.39 is 0 Å². The van der Waals surface area contributed by atoms with Gasteiger partial charge in [-0.3, -0.25) is 0 Å². The number of ether oxygens (including phenoxy) is 2. The Bertz CT molecular complexity index is 409. The van der Waals surface area contributed by atoms with Crippen LogP contribution in [0.1, 0.15) is 30.5 Å². The van der Waals surface area contributed by atoms with Crippen LogP contribution in [-0.2, 0) is 5.75 Å². The minimum absolute atomic E-state index is 0.366. The molecule has 0 amide bonds. The van der Waals surface area contributed by atoms with E-state index in [0.717, 1.165) is 30.2 Å². The van der Waals surface area contributed by atoms with E-state index in [1.54, 1.807) is 14.2 Å². The lowest BCUT2D eigenvalue weighted by Crippen LogP contribution is -2.22. The van der Waals surface area contributed by atoms with E-state index in [-0.39, 0.29) is 0 Å². The van der Waals surface area contributed by atoms with E-state index in [2.05, 4.69) is 12.2 Å². The van der Waals surface area contributed by atoms with Crippen molar-refractivity contribution in [3.05, 3.63) is 23.3 Å². The Hall–Kier alpha value is -0.870. The third-order valence-electron chi connectivity index (χ3n) is 3.31. The molecule has 1 aliphatic heterocycles. The molecule has 1 heterocycles. The van der Waals surface area contributed by atoms with Crippen LogP contribution in [0.4, 0.5) is 0 Å². The zero-order chi connectivity index (χ0) is 13.0. The van der Waals surface area contributed by atoms with Crippen LogP contribution >= 0.6 is 11.8 Å². The van der Waals surface area contributed by atoms with Crippen molar-refractivity contribution in [1.29, 1.82) is 0 Å². The van der Waals surface area contributed by atoms with E-state index in [1.165, 1.54) is 16.9 Å². The van der Waals surface area contributed by atoms with Crippen molar-refractivity contribution < 1.29 is 9.47 Å². The molecule has 1 unspecified atom stereocenters. The lowest BCUT2D eigenvalue weighted by molar-refractivity contribution is 0.386. The Morgan fingerprint density at radius 3 is 2.67 bits per heavy atom. The number of hydrogen-bond acceptors (Lipinski definition) is 4. The molecule has 3 nitrogen and oxygen atoms in total. The summed E-state index contributed by atoms with van der Waals surface area (Å²) < 4.78 is 11.0. The summed E-state index contributed by atoms with van der Waals surface area (Å²) in [5, 5.41) is 3.56. The highest BCUT2D eigenvalue weighted by atomic mass is 32.2. The Morgan fingerprint density at radius 1 is 1.28 bits per heavy atom. The van der Waals surface area contributed by atoms with Crippen LogP contribution in [0.5, 0.6) is 11.5 Å². The first-order valence-corrected chi connectivity index (χ1v) is 7.52. The van der Waals surface area contributed by atoms with Gasteiger partial charge in [0.15, 0.2) is 0 Å². The summed E-state index contributed by atoms with van der Waals surface area (Å²) in [5.74, 6) is 4.11. The van der Waals surface area contributed by atoms with Crippen LogP contribution in [0.15, 0.2) is 12.1 Å². The quantitative estimate of drug-likeness (QED) is 0.908. The highest BCUT2D eigenvalue weighted by molar-refractivity contribution is 7.98. The Labute approximate surface area is 113 Å². The number of rotatable bonds is 4. The Morgan fingerprint density at radius 2 is 2.00 bits per heavy atom. The van der Waals surface area contributed by atoms with Crippen molar-refractivity contribution in [2.45, 2.75) is 25.1 Å². The first kappa shape index (κ1) is 13.6. The Balaban J connectivity index is 2.51. The van der Waals surface area contributed by atoms with Crippen LogP contribution < -0.4 is 14.8 Å². The number of thioether (sulfide) groups is 1. The zero-order valence-corrected chi connectivity index (χ0v) is 12.1. The van der Waals surface area contributed by atoms with Gasteiger partial charge in [0, 0.05) is 22.9 Å². The van der Waals surface area contributed by atoms with Crippen molar-refractivity contribution in [3.8, 4) is 11.5 Å². The van der Waals surface area contributed by atoms with E-state index >= 15 is 0 Å². The first-order chi connectivity index (χ1) is 8.81. The first-order valence-electron chi connectivity index (χ1n) is 6.36. The SMILES string of the molecule is CCNC1CCSCc2c(OC)ccc(OC)c21. The number of benzene rings is 1. The van der Waals surface area contributed by atoms with Gasteiger partial charge in [-0.05, 0) is 30.9 Å². The van der Waals surface area contributed by atoms with Crippen molar-refractivity contribution in [3.63, 3.8) is 0 Å². The second-order valence-corrected chi connectivity index (χ2v) is 5.42. The number of fused-ring (bicyclic) bond motifs is 1. The number of hydrogen-bond donors (Lipinski definition) is 1. The highest BCUT2D eigenvalue weighted by Crippen LogP contribution is 2.41. The van der Waals surface area contributed by atoms with Crippen LogP contribution in [-0.4, -0.2) is 26.5 Å². The van der Waals surface area contributed by atoms with Gasteiger partial charge in [0.25, 0.3) is 0 Å². The fourth-order valence-corrected chi connectivity index (χ4v) is 3.54. The third-order valence-corrected chi connectivity index (χ3v) is 4.33. The molecule has 1 N–H and O–H groups in total. The maximum atomic E-state index is 5.54. The molecule has 0 fully saturated rings. The topological polar surface area (TPSA) is 30.5 Å². The monoisotopic (exact) mass is 267 g/mol. The maximum absolute atomic E-state index is 5.54. The summed E-state index contributed by atoms with van der Waals surface area (Å²) in [6.45, 7) is 3.11. The highest BCUT2D eigenvalue weighted by Gasteiger charge is 2.24. The molecular weight excluding hydrogens is 246 g/mol. The molecule has 1 atom stereocenters. The van der Waals surface area contributed by atoms with Gasteiger partial charge in [0.05, 0.1) is 14.2 Å². The fraction of sp³-hybridized carbons (Fsp3) is 0.571. The molecule has 0 bridgehead atoms. The van der Waals surface area contributed by atoms with E-state index in [4.69, 9.17) is 9.47 Å². The van der Waals surface area contributed by atoms with Crippen LogP contribution in [0.2, 0.25) is 0 Å². The zero-order valence-electron chi connectivity index (χ0n) is 11.3. The smallest absolute Gasteiger partial charge is 0.124 e. The molecule has 1 aromatic rings. The number of methoxy groups -OCH3 is 2. The average Bonchev–Trinajstić information content (AvgIpc) is 2.61. The van der Waals surface area contributed by atoms with Gasteiger partial charge in [-0.25, -0.2) is 0 Å². The standard InChI is InChI=1S/C14H21NO2S/c1-4-15-11-7-8-18-9-10-12(16-2)5-6-13(17-3)14(10)11/h5-6,11,15H,4,7-9H2,1-3H3. The predicted octanol–water partition coefficient (Wildman–Crippen LogP) is 2.99. The summed E-state index contributed by atoms with van der Waals surface area (Å²) in [4.78, 5) is 0. The lowest BCUT2D eigenvalue weighted by Gasteiger charge is -2.22. The van der Waals surface area contributed by atoms with Gasteiger partial charge in [-0.2, -0.15) is 11.8 Å². The molecular formula is C14H21NO2S. The molecule has 0 saturated heterocycles. The van der Waals surface area contributed by atoms with Gasteiger partial charge < -0.3 is 14.8 Å². The third kappa shape index (κ3) is 2.59. The molecule has 1 aromatic carbocycles. The molecule has 0 aromatic heterocycles. The predicted molar refractivity (Wildman–Crippen MR) is 76.7 cm³/mol. The summed E-state index contributed by atoms with van der Waals surface area (Å²) >= 11 is 1.96. The van der Waals surface area contributed by atoms with Gasteiger partial charge >= 0.3 is 0 Å². The van der Waals surface area contributed by atoms with Crippen LogP contribution in [0.3, 0.4) is 0 Å². The average molecular weight is 267 g/mol. The normalized spacial score (nSPS) is 18.9. The molecule has 2 rings (SSSR count). The summed E-state index contributed by atoms with van der Waals surface area (Å²) in [6.07, 6.45) is 1.13. The minimum atomic E-state index is 0.366. The van der Waals surface area contributed by atoms with E-state index in [1.807, 2.05) is 23.9 Å². The van der Waals surface area contributed by atoms with Gasteiger partial charge in [-0.15, -0.1) is 0 Å². The maximum Gasteiger partial charge on any atom is 0.124 e. The molecule has 4 heteroatoms. The fourth-order valence-electron chi connectivity index (χ4n) is 2.49. The Kier molecular flexibility index (Phi) is 4.78. The summed E-state index contributed by atoms with van der Waals surface area (Å²) in [7, 11) is 3.48. The van der Waals surface area contributed by atoms with Crippen molar-refractivity contribution in [2.75, 3.05) is 26.5 Å². The van der Waals surface area contributed by atoms with Crippen molar-refractivity contribution in [2.24, 2.45) is 0 Å². The molecule has 0 radical (unpaired) electrons. The van der Waals surface area contributed by atoms with E-state index in [9.17, 15) is 0 Å². The van der Waals surface area contributed by atoms with Gasteiger partial charge in [-0.1, -0.05) is 6.92 Å². The van der Waals surface area contributed by atoms with Crippen molar-refractivity contribution in [1.82, 2.24) is 5.32 Å². The minimum Gasteiger partial charge on any atom is -0.496 e. The molecule has 0 saturated carbocycles. The molecule has 0 aliphatic carbocycles. The molecule has 0 spiro atoms. The lowest BCUT2D eigenvalue weighted by atomic mass is 9.97. The molecule has 100 valence electrons. The largest absolute Gasteiger partial charge is 0.496 e. The van der Waals surface area contributed by atoms with Gasteiger partial charge in [0.1, 0.15) is 11.5 Å². The second kappa shape index (κ2) is 6.34. The molecule has 1 aliphatic rings. The van der Waals surface area contributed by atoms with Crippen LogP contribution in [0.25, 0.3) is 0 Å². The van der Waals surface area contributed by atoms with Crippen molar-refractivity contribution >= 4 is 11.8 Å². The molecule has 18 heavy (non-hydrogen) atoms. The van der Waals surface area contributed by atoms with Crippen LogP contribution in [0, 0.1) is 0 Å². The number of nitrogens with one attached hydrogen (secondary N) is 1. The van der Waals surface area contributed by atoms with E-state index in [0.29, 0.717) is 6.04 Å². The summed E-state index contributed by atoms with van der Waals surface area (Å²) in [5.41, 5.74) is 2.56. The second-order valence-electron chi connectivity index (χ2n) is 4.31.